The summed E-state index contributed by atoms with van der Waals surface area (Å²) in [6.45, 7) is -0.0887. The Kier molecular flexibility index (Phi) is 5.85. The number of rotatable bonds is 5. The number of aromatic nitrogens is 2. The van der Waals surface area contributed by atoms with Crippen LogP contribution in [0.2, 0.25) is 0 Å². The number of nitrogens with zero attached hydrogens (tertiary/aromatic N) is 2. The van der Waals surface area contributed by atoms with E-state index in [1.54, 1.807) is 24.4 Å². The number of benzene rings is 1. The molecule has 0 unspecified atom stereocenters. The third-order valence-electron chi connectivity index (χ3n) is 3.30. The molecule has 0 saturated carbocycles. The van der Waals surface area contributed by atoms with Gasteiger partial charge in [-0.25, -0.2) is 4.98 Å². The first-order valence-electron chi connectivity index (χ1n) is 7.55. The van der Waals surface area contributed by atoms with Crippen molar-refractivity contribution in [3.05, 3.63) is 80.2 Å². The standard InChI is InChI=1S/C18H13Br2N3O3/c19-12-2-1-3-15(8-12)26-17-6-5-14(9-21-17)22-16(24)11-23-10-13(20)4-7-18(23)25/h1-10H,11H2,(H,22,24). The number of carbonyl (C=O) groups is 1. The minimum atomic E-state index is -0.326. The molecule has 1 N–H and O–H groups in total. The maximum absolute atomic E-state index is 12.1. The summed E-state index contributed by atoms with van der Waals surface area (Å²) in [5, 5.41) is 2.70. The fraction of sp³-hybridized carbons (Fsp3) is 0.0556. The molecule has 0 radical (unpaired) electrons. The lowest BCUT2D eigenvalue weighted by molar-refractivity contribution is -0.116. The van der Waals surface area contributed by atoms with E-state index in [0.717, 1.165) is 8.95 Å². The summed E-state index contributed by atoms with van der Waals surface area (Å²) in [7, 11) is 0. The van der Waals surface area contributed by atoms with E-state index < -0.39 is 0 Å². The molecule has 6 nitrogen and oxygen atoms in total. The summed E-state index contributed by atoms with van der Waals surface area (Å²) < 4.78 is 8.58. The van der Waals surface area contributed by atoms with Crippen LogP contribution in [0.15, 0.2) is 74.7 Å². The van der Waals surface area contributed by atoms with Gasteiger partial charge >= 0.3 is 0 Å². The van der Waals surface area contributed by atoms with Crippen LogP contribution < -0.4 is 15.6 Å². The Morgan fingerprint density at radius 3 is 2.69 bits per heavy atom. The van der Waals surface area contributed by atoms with Crippen LogP contribution >= 0.6 is 31.9 Å². The van der Waals surface area contributed by atoms with Crippen molar-refractivity contribution < 1.29 is 9.53 Å². The van der Waals surface area contributed by atoms with E-state index in [9.17, 15) is 9.59 Å². The normalized spacial score (nSPS) is 10.4. The maximum atomic E-state index is 12.1. The van der Waals surface area contributed by atoms with Gasteiger partial charge in [-0.15, -0.1) is 0 Å². The van der Waals surface area contributed by atoms with Crippen molar-refractivity contribution in [3.8, 4) is 11.6 Å². The Morgan fingerprint density at radius 1 is 1.12 bits per heavy atom. The molecule has 0 aliphatic heterocycles. The van der Waals surface area contributed by atoms with Crippen molar-refractivity contribution >= 4 is 43.5 Å². The van der Waals surface area contributed by atoms with Crippen molar-refractivity contribution in [2.75, 3.05) is 5.32 Å². The molecule has 0 aliphatic rings. The number of ether oxygens (including phenoxy) is 1. The van der Waals surface area contributed by atoms with E-state index in [2.05, 4.69) is 42.2 Å². The van der Waals surface area contributed by atoms with Gasteiger partial charge in [0.2, 0.25) is 11.8 Å². The van der Waals surface area contributed by atoms with Crippen LogP contribution in [0.1, 0.15) is 0 Å². The number of pyridine rings is 2. The molecule has 26 heavy (non-hydrogen) atoms. The molecule has 0 bridgehead atoms. The minimum Gasteiger partial charge on any atom is -0.439 e. The van der Waals surface area contributed by atoms with Gasteiger partial charge in [0.1, 0.15) is 12.3 Å². The third kappa shape index (κ3) is 5.03. The first-order chi connectivity index (χ1) is 12.5. The van der Waals surface area contributed by atoms with Crippen molar-refractivity contribution in [2.24, 2.45) is 0 Å². The van der Waals surface area contributed by atoms with Gasteiger partial charge in [0.05, 0.1) is 11.9 Å². The molecular formula is C18H13Br2N3O3. The summed E-state index contributed by atoms with van der Waals surface area (Å²) in [6.07, 6.45) is 3.06. The highest BCUT2D eigenvalue weighted by Gasteiger charge is 2.07. The van der Waals surface area contributed by atoms with Crippen molar-refractivity contribution in [3.63, 3.8) is 0 Å². The topological polar surface area (TPSA) is 73.2 Å². The highest BCUT2D eigenvalue weighted by Crippen LogP contribution is 2.23. The SMILES string of the molecule is O=C(Cn1cc(Br)ccc1=O)Nc1ccc(Oc2cccc(Br)c2)nc1. The molecule has 3 rings (SSSR count). The summed E-state index contributed by atoms with van der Waals surface area (Å²) >= 11 is 6.65. The molecule has 2 heterocycles. The van der Waals surface area contributed by atoms with Gasteiger partial charge in [-0.05, 0) is 46.3 Å². The first-order valence-corrected chi connectivity index (χ1v) is 9.13. The molecule has 2 aromatic heterocycles. The summed E-state index contributed by atoms with van der Waals surface area (Å²) in [5.41, 5.74) is 0.263. The zero-order chi connectivity index (χ0) is 18.5. The van der Waals surface area contributed by atoms with Crippen molar-refractivity contribution in [2.45, 2.75) is 6.54 Å². The second-order valence-electron chi connectivity index (χ2n) is 5.31. The molecule has 1 aromatic carbocycles. The highest BCUT2D eigenvalue weighted by molar-refractivity contribution is 9.10. The van der Waals surface area contributed by atoms with Crippen LogP contribution in [0.25, 0.3) is 0 Å². The zero-order valence-corrected chi connectivity index (χ0v) is 16.5. The number of carbonyl (C=O) groups excluding carboxylic acids is 1. The van der Waals surface area contributed by atoms with Crippen LogP contribution in [0.4, 0.5) is 5.69 Å². The van der Waals surface area contributed by atoms with Gasteiger partial charge in [0.15, 0.2) is 0 Å². The van der Waals surface area contributed by atoms with Gasteiger partial charge in [0.25, 0.3) is 5.56 Å². The Hall–Kier alpha value is -2.45. The fourth-order valence-corrected chi connectivity index (χ4v) is 2.90. The number of amides is 1. The molecule has 0 spiro atoms. The fourth-order valence-electron chi connectivity index (χ4n) is 2.15. The van der Waals surface area contributed by atoms with Crippen LogP contribution in [0.5, 0.6) is 11.6 Å². The third-order valence-corrected chi connectivity index (χ3v) is 4.26. The van der Waals surface area contributed by atoms with Gasteiger partial charge in [0, 0.05) is 27.3 Å². The van der Waals surface area contributed by atoms with Crippen molar-refractivity contribution in [1.29, 1.82) is 0 Å². The van der Waals surface area contributed by atoms with E-state index in [1.165, 1.54) is 16.8 Å². The predicted molar refractivity (Wildman–Crippen MR) is 105 cm³/mol. The second-order valence-corrected chi connectivity index (χ2v) is 7.14. The highest BCUT2D eigenvalue weighted by atomic mass is 79.9. The Balaban J connectivity index is 1.62. The summed E-state index contributed by atoms with van der Waals surface area (Å²) in [6, 6.07) is 13.8. The molecule has 0 aliphatic carbocycles. The second kappa shape index (κ2) is 8.29. The molecular weight excluding hydrogens is 466 g/mol. The number of hydrogen-bond acceptors (Lipinski definition) is 4. The molecule has 0 fully saturated rings. The van der Waals surface area contributed by atoms with E-state index >= 15 is 0 Å². The average Bonchev–Trinajstić information content (AvgIpc) is 2.60. The Bertz CT molecular complexity index is 987. The van der Waals surface area contributed by atoms with E-state index in [1.807, 2.05) is 24.3 Å². The molecule has 8 heteroatoms. The summed E-state index contributed by atoms with van der Waals surface area (Å²) in [5.74, 6) is 0.731. The van der Waals surface area contributed by atoms with Crippen LogP contribution in [-0.2, 0) is 11.3 Å². The van der Waals surface area contributed by atoms with Crippen LogP contribution in [-0.4, -0.2) is 15.5 Å². The molecule has 0 atom stereocenters. The number of anilines is 1. The minimum absolute atomic E-state index is 0.0887. The lowest BCUT2D eigenvalue weighted by Crippen LogP contribution is -2.26. The Morgan fingerprint density at radius 2 is 1.96 bits per heavy atom. The lowest BCUT2D eigenvalue weighted by Gasteiger charge is -2.09. The number of halogens is 2. The molecule has 3 aromatic rings. The maximum Gasteiger partial charge on any atom is 0.251 e. The van der Waals surface area contributed by atoms with Crippen LogP contribution in [0.3, 0.4) is 0 Å². The molecule has 132 valence electrons. The monoisotopic (exact) mass is 477 g/mol. The molecule has 1 amide bonds. The lowest BCUT2D eigenvalue weighted by atomic mass is 10.3. The van der Waals surface area contributed by atoms with Gasteiger partial charge in [-0.2, -0.15) is 0 Å². The van der Waals surface area contributed by atoms with Crippen molar-refractivity contribution in [1.82, 2.24) is 9.55 Å². The smallest absolute Gasteiger partial charge is 0.251 e. The zero-order valence-electron chi connectivity index (χ0n) is 13.4. The quantitative estimate of drug-likeness (QED) is 0.596. The van der Waals surface area contributed by atoms with Gasteiger partial charge < -0.3 is 14.6 Å². The van der Waals surface area contributed by atoms with E-state index in [0.29, 0.717) is 17.3 Å². The van der Waals surface area contributed by atoms with Gasteiger partial charge in [-0.3, -0.25) is 9.59 Å². The first kappa shape index (κ1) is 18.3. The van der Waals surface area contributed by atoms with Crippen LogP contribution in [0, 0.1) is 0 Å². The molecule has 0 saturated heterocycles. The average molecular weight is 479 g/mol. The van der Waals surface area contributed by atoms with E-state index in [4.69, 9.17) is 4.74 Å². The summed E-state index contributed by atoms with van der Waals surface area (Å²) in [4.78, 5) is 28.0. The van der Waals surface area contributed by atoms with E-state index in [-0.39, 0.29) is 18.0 Å². The number of hydrogen-bond donors (Lipinski definition) is 1. The Labute approximate surface area is 166 Å². The number of nitrogens with one attached hydrogen (secondary N) is 1. The van der Waals surface area contributed by atoms with Gasteiger partial charge in [-0.1, -0.05) is 22.0 Å². The predicted octanol–water partition coefficient (Wildman–Crippen LogP) is 4.20. The largest absolute Gasteiger partial charge is 0.439 e.